The van der Waals surface area contributed by atoms with Crippen LogP contribution in [0.3, 0.4) is 0 Å². The van der Waals surface area contributed by atoms with E-state index in [4.69, 9.17) is 17.2 Å². The number of amidine groups is 3. The molecule has 6 nitrogen and oxygen atoms in total. The molecule has 0 aromatic rings. The van der Waals surface area contributed by atoms with Crippen LogP contribution in [0.1, 0.15) is 26.7 Å². The van der Waals surface area contributed by atoms with Crippen LogP contribution in [0.2, 0.25) is 0 Å². The molecule has 0 aromatic carbocycles. The topological polar surface area (TPSA) is 115 Å². The molecule has 21 heavy (non-hydrogen) atoms. The van der Waals surface area contributed by atoms with E-state index in [2.05, 4.69) is 44.8 Å². The van der Waals surface area contributed by atoms with Gasteiger partial charge < -0.3 is 11.5 Å². The number of hydrogen-bond acceptors (Lipinski definition) is 5. The second kappa shape index (κ2) is 21.9. The fourth-order valence-electron chi connectivity index (χ4n) is 0.542. The van der Waals surface area contributed by atoms with Crippen LogP contribution in [0.5, 0.6) is 0 Å². The molecule has 125 valence electrons. The predicted octanol–water partition coefficient (Wildman–Crippen LogP) is 1.25. The van der Waals surface area contributed by atoms with E-state index < -0.39 is 0 Å². The summed E-state index contributed by atoms with van der Waals surface area (Å²) in [5.74, 6) is 2.15. The van der Waals surface area contributed by atoms with Crippen molar-refractivity contribution in [3.05, 3.63) is 0 Å². The quantitative estimate of drug-likeness (QED) is 0.373. The summed E-state index contributed by atoms with van der Waals surface area (Å²) in [5, 5.41) is 1.37. The molecule has 0 bridgehead atoms. The third-order valence-corrected chi connectivity index (χ3v) is 4.13. The molecule has 1 radical (unpaired) electrons. The Balaban J connectivity index is -0.000000239. The van der Waals surface area contributed by atoms with E-state index in [9.17, 15) is 0 Å². The Bertz CT molecular complexity index is 282. The van der Waals surface area contributed by atoms with Gasteiger partial charge in [0.25, 0.3) is 0 Å². The van der Waals surface area contributed by atoms with Gasteiger partial charge in [-0.2, -0.15) is 0 Å². The summed E-state index contributed by atoms with van der Waals surface area (Å²) in [7, 11) is 5.04. The Morgan fingerprint density at radius 3 is 1.24 bits per heavy atom. The zero-order valence-corrected chi connectivity index (χ0v) is 17.0. The average Bonchev–Trinajstić information content (AvgIpc) is 2.51. The Morgan fingerprint density at radius 1 is 0.810 bits per heavy atom. The Kier molecular flexibility index (Phi) is 26.7. The van der Waals surface area contributed by atoms with Crippen LogP contribution in [0.4, 0.5) is 0 Å². The van der Waals surface area contributed by atoms with E-state index in [0.29, 0.717) is 15.1 Å². The van der Waals surface area contributed by atoms with Gasteiger partial charge in [-0.1, -0.05) is 37.4 Å². The first kappa shape index (κ1) is 25.6. The molecule has 0 rings (SSSR count). The van der Waals surface area contributed by atoms with Gasteiger partial charge in [-0.3, -0.25) is 9.98 Å². The summed E-state index contributed by atoms with van der Waals surface area (Å²) in [5.41, 5.74) is 15.7. The molecule has 0 saturated heterocycles. The Labute approximate surface area is 146 Å². The van der Waals surface area contributed by atoms with Crippen LogP contribution in [0, 0.1) is 0 Å². The van der Waals surface area contributed by atoms with Crippen molar-refractivity contribution in [2.24, 2.45) is 32.2 Å². The monoisotopic (exact) mass is 401 g/mol. The predicted molar refractivity (Wildman–Crippen MR) is 104 cm³/mol. The van der Waals surface area contributed by atoms with Gasteiger partial charge in [-0.15, -0.1) is 0 Å². The summed E-state index contributed by atoms with van der Waals surface area (Å²) in [4.78, 5) is 11.1. The normalized spacial score (nSPS) is 12.0. The first-order chi connectivity index (χ1) is 9.89. The molecule has 0 aliphatic heterocycles. The molecule has 0 aromatic heterocycles. The van der Waals surface area contributed by atoms with Gasteiger partial charge in [-0.05, 0) is 12.8 Å². The average molecular weight is 401 g/mol. The van der Waals surface area contributed by atoms with E-state index in [1.807, 2.05) is 0 Å². The van der Waals surface area contributed by atoms with Gasteiger partial charge in [0.15, 0.2) is 10.3 Å². The SMILES string of the molecule is CCCSC(N)=NC.CCCSC(N)=NC.CN=C(N)[Se]. The molecular weight excluding hydrogens is 371 g/mol. The van der Waals surface area contributed by atoms with Crippen molar-refractivity contribution < 1.29 is 0 Å². The standard InChI is InChI=1S/2C5H12N2S.C2H5N2Se/c2*1-3-4-8-5(6)7-2;1-4-2(3)5/h2*3-4H2,1-2H3,(H2,6,7);1H3,(H2,3,4). The number of thioether (sulfide) groups is 2. The fraction of sp³-hybridized carbons (Fsp3) is 0.750. The maximum atomic E-state index is 5.37. The summed E-state index contributed by atoms with van der Waals surface area (Å²) >= 11 is 5.73. The van der Waals surface area contributed by atoms with Crippen LogP contribution in [0.15, 0.2) is 15.0 Å². The third-order valence-electron chi connectivity index (χ3n) is 1.57. The molecule has 0 atom stereocenters. The molecule has 9 heteroatoms. The minimum atomic E-state index is 0.505. The van der Waals surface area contributed by atoms with E-state index in [-0.39, 0.29) is 0 Å². The van der Waals surface area contributed by atoms with Gasteiger partial charge in [0.1, 0.15) is 0 Å². The van der Waals surface area contributed by atoms with Crippen LogP contribution in [0.25, 0.3) is 0 Å². The first-order valence-electron chi connectivity index (χ1n) is 6.48. The zero-order valence-electron chi connectivity index (χ0n) is 13.6. The Morgan fingerprint density at radius 2 is 1.10 bits per heavy atom. The van der Waals surface area contributed by atoms with Gasteiger partial charge in [0.05, 0.1) is 0 Å². The van der Waals surface area contributed by atoms with E-state index in [0.717, 1.165) is 24.3 Å². The van der Waals surface area contributed by atoms with Gasteiger partial charge in [0, 0.05) is 25.6 Å². The summed E-state index contributed by atoms with van der Waals surface area (Å²) in [6, 6.07) is 0. The number of aliphatic imine (C=N–C) groups is 3. The van der Waals surface area contributed by atoms with Crippen molar-refractivity contribution in [1.82, 2.24) is 0 Å². The van der Waals surface area contributed by atoms with E-state index in [1.165, 1.54) is 0 Å². The molecular formula is C12H29N6S2Se. The molecule has 0 aliphatic carbocycles. The molecule has 0 unspecified atom stereocenters. The zero-order chi connectivity index (χ0) is 17.1. The van der Waals surface area contributed by atoms with Crippen molar-refractivity contribution in [2.45, 2.75) is 26.7 Å². The second-order valence-corrected chi connectivity index (χ2v) is 6.49. The van der Waals surface area contributed by atoms with Crippen molar-refractivity contribution in [1.29, 1.82) is 0 Å². The third kappa shape index (κ3) is 32.8. The van der Waals surface area contributed by atoms with Gasteiger partial charge in [0.2, 0.25) is 0 Å². The molecule has 0 saturated carbocycles. The van der Waals surface area contributed by atoms with Crippen LogP contribution >= 0.6 is 23.5 Å². The molecule has 0 spiro atoms. The van der Waals surface area contributed by atoms with Gasteiger partial charge >= 0.3 is 38.5 Å². The number of nitrogens with zero attached hydrogens (tertiary/aromatic N) is 3. The number of hydrogen-bond donors (Lipinski definition) is 3. The maximum absolute atomic E-state index is 5.37. The van der Waals surface area contributed by atoms with Gasteiger partial charge in [-0.25, -0.2) is 0 Å². The van der Waals surface area contributed by atoms with Crippen molar-refractivity contribution in [2.75, 3.05) is 32.6 Å². The van der Waals surface area contributed by atoms with Crippen molar-refractivity contribution in [3.63, 3.8) is 0 Å². The summed E-state index contributed by atoms with van der Waals surface area (Å²) < 4.78 is 0.505. The molecule has 0 heterocycles. The van der Waals surface area contributed by atoms with Crippen LogP contribution < -0.4 is 17.2 Å². The molecule has 0 aliphatic rings. The Hall–Kier alpha value is -0.371. The van der Waals surface area contributed by atoms with Crippen molar-refractivity contribution in [3.8, 4) is 0 Å². The number of nitrogens with two attached hydrogens (primary N) is 3. The van der Waals surface area contributed by atoms with E-state index in [1.54, 1.807) is 44.7 Å². The molecule has 0 fully saturated rings. The second-order valence-electron chi connectivity index (χ2n) is 3.38. The molecule has 6 N–H and O–H groups in total. The van der Waals surface area contributed by atoms with E-state index >= 15 is 0 Å². The van der Waals surface area contributed by atoms with Crippen molar-refractivity contribution >= 4 is 54.6 Å². The number of rotatable bonds is 4. The fourth-order valence-corrected chi connectivity index (χ4v) is 1.63. The summed E-state index contributed by atoms with van der Waals surface area (Å²) in [6.07, 6.45) is 2.31. The minimum absolute atomic E-state index is 0.505. The summed E-state index contributed by atoms with van der Waals surface area (Å²) in [6.45, 7) is 4.24. The van der Waals surface area contributed by atoms with Crippen LogP contribution in [-0.4, -0.2) is 63.7 Å². The van der Waals surface area contributed by atoms with Crippen LogP contribution in [-0.2, 0) is 0 Å². The first-order valence-corrected chi connectivity index (χ1v) is 9.31. The molecule has 0 amide bonds.